The summed E-state index contributed by atoms with van der Waals surface area (Å²) >= 11 is 0. The lowest BCUT2D eigenvalue weighted by Gasteiger charge is -2.11. The monoisotopic (exact) mass is 254 g/mol. The summed E-state index contributed by atoms with van der Waals surface area (Å²) in [5, 5.41) is 8.61. The van der Waals surface area contributed by atoms with Gasteiger partial charge in [0.05, 0.1) is 5.69 Å². The van der Waals surface area contributed by atoms with Gasteiger partial charge in [-0.3, -0.25) is 5.10 Å². The average Bonchev–Trinajstić information content (AvgIpc) is 2.97. The number of aryl methyl sites for hydroxylation is 2. The molecule has 0 aliphatic carbocycles. The topological polar surface area (TPSA) is 59.6 Å². The van der Waals surface area contributed by atoms with E-state index in [0.29, 0.717) is 6.54 Å². The molecule has 0 aliphatic heterocycles. The van der Waals surface area contributed by atoms with Crippen molar-refractivity contribution in [2.24, 2.45) is 12.8 Å². The smallest absolute Gasteiger partial charge is 0.0713 e. The second-order valence-corrected chi connectivity index (χ2v) is 4.98. The summed E-state index contributed by atoms with van der Waals surface area (Å²) in [6, 6.07) is 10.5. The molecule has 0 bridgehead atoms. The molecule has 3 N–H and O–H groups in total. The maximum absolute atomic E-state index is 5.98. The van der Waals surface area contributed by atoms with Crippen LogP contribution in [0.25, 0.3) is 10.9 Å². The Bertz CT molecular complexity index is 708. The third-order valence-corrected chi connectivity index (χ3v) is 3.62. The molecule has 0 fully saturated rings. The number of H-pyrrole nitrogens is 1. The van der Waals surface area contributed by atoms with Gasteiger partial charge in [-0.1, -0.05) is 18.2 Å². The average molecular weight is 254 g/mol. The number of nitrogens with zero attached hydrogens (tertiary/aromatic N) is 2. The van der Waals surface area contributed by atoms with Crippen LogP contribution in [0.4, 0.5) is 0 Å². The second kappa shape index (κ2) is 4.55. The molecule has 3 rings (SSSR count). The van der Waals surface area contributed by atoms with E-state index in [1.165, 1.54) is 16.5 Å². The van der Waals surface area contributed by atoms with Gasteiger partial charge in [0.1, 0.15) is 0 Å². The van der Waals surface area contributed by atoms with Crippen LogP contribution in [0.5, 0.6) is 0 Å². The number of hydrogen-bond donors (Lipinski definition) is 2. The number of aromatic amines is 1. The molecule has 0 aliphatic rings. The van der Waals surface area contributed by atoms with E-state index in [1.54, 1.807) is 0 Å². The highest BCUT2D eigenvalue weighted by Crippen LogP contribution is 2.30. The fraction of sp³-hybridized carbons (Fsp3) is 0.267. The molecule has 0 spiro atoms. The first kappa shape index (κ1) is 12.0. The minimum atomic E-state index is 0.135. The van der Waals surface area contributed by atoms with Gasteiger partial charge in [0.25, 0.3) is 0 Å². The molecular formula is C15H18N4. The van der Waals surface area contributed by atoms with Crippen molar-refractivity contribution >= 4 is 10.9 Å². The Hall–Kier alpha value is -2.07. The molecular weight excluding hydrogens is 236 g/mol. The minimum Gasteiger partial charge on any atom is -0.350 e. The number of nitrogens with one attached hydrogen (secondary N) is 1. The quantitative estimate of drug-likeness (QED) is 0.753. The van der Waals surface area contributed by atoms with Gasteiger partial charge < -0.3 is 10.3 Å². The van der Waals surface area contributed by atoms with Crippen LogP contribution in [0, 0.1) is 6.92 Å². The van der Waals surface area contributed by atoms with Gasteiger partial charge in [-0.25, -0.2) is 0 Å². The fourth-order valence-electron chi connectivity index (χ4n) is 2.68. The Morgan fingerprint density at radius 2 is 2.16 bits per heavy atom. The summed E-state index contributed by atoms with van der Waals surface area (Å²) in [6.45, 7) is 2.56. The van der Waals surface area contributed by atoms with E-state index in [1.807, 2.05) is 6.92 Å². The van der Waals surface area contributed by atoms with Gasteiger partial charge in [0, 0.05) is 42.3 Å². The normalized spacial score (nSPS) is 13.0. The van der Waals surface area contributed by atoms with Crippen molar-refractivity contribution in [1.29, 1.82) is 0 Å². The van der Waals surface area contributed by atoms with Crippen LogP contribution >= 0.6 is 0 Å². The Kier molecular flexibility index (Phi) is 2.87. The molecule has 98 valence electrons. The maximum atomic E-state index is 5.98. The first-order chi connectivity index (χ1) is 9.20. The van der Waals surface area contributed by atoms with Crippen molar-refractivity contribution in [1.82, 2.24) is 14.8 Å². The van der Waals surface area contributed by atoms with Crippen LogP contribution in [-0.4, -0.2) is 21.3 Å². The number of aromatic nitrogens is 3. The van der Waals surface area contributed by atoms with E-state index in [2.05, 4.69) is 58.3 Å². The van der Waals surface area contributed by atoms with E-state index in [4.69, 9.17) is 5.73 Å². The second-order valence-electron chi connectivity index (χ2n) is 4.98. The fourth-order valence-corrected chi connectivity index (χ4v) is 2.68. The molecule has 3 aromatic rings. The van der Waals surface area contributed by atoms with Gasteiger partial charge >= 0.3 is 0 Å². The Morgan fingerprint density at radius 3 is 2.84 bits per heavy atom. The van der Waals surface area contributed by atoms with Crippen molar-refractivity contribution < 1.29 is 0 Å². The SMILES string of the molecule is Cc1cc(C(CN)c2cn(C)c3ccccc23)n[nH]1. The van der Waals surface area contributed by atoms with Gasteiger partial charge in [-0.2, -0.15) is 5.10 Å². The van der Waals surface area contributed by atoms with Crippen LogP contribution < -0.4 is 5.73 Å². The molecule has 0 amide bonds. The third kappa shape index (κ3) is 1.94. The summed E-state index contributed by atoms with van der Waals surface area (Å²) < 4.78 is 2.15. The summed E-state index contributed by atoms with van der Waals surface area (Å²) in [5.74, 6) is 0.135. The van der Waals surface area contributed by atoms with E-state index in [0.717, 1.165) is 11.4 Å². The highest BCUT2D eigenvalue weighted by Gasteiger charge is 2.19. The van der Waals surface area contributed by atoms with Gasteiger partial charge in [0.2, 0.25) is 0 Å². The molecule has 4 nitrogen and oxygen atoms in total. The number of benzene rings is 1. The molecule has 0 saturated heterocycles. The third-order valence-electron chi connectivity index (χ3n) is 3.62. The molecule has 2 heterocycles. The number of para-hydroxylation sites is 1. The van der Waals surface area contributed by atoms with Gasteiger partial charge in [0.15, 0.2) is 0 Å². The zero-order chi connectivity index (χ0) is 13.4. The zero-order valence-electron chi connectivity index (χ0n) is 11.2. The molecule has 4 heteroatoms. The van der Waals surface area contributed by atoms with Crippen molar-refractivity contribution in [3.8, 4) is 0 Å². The molecule has 0 radical (unpaired) electrons. The van der Waals surface area contributed by atoms with Crippen LogP contribution in [0.15, 0.2) is 36.5 Å². The van der Waals surface area contributed by atoms with E-state index < -0.39 is 0 Å². The van der Waals surface area contributed by atoms with Crippen molar-refractivity contribution in [3.63, 3.8) is 0 Å². The Labute approximate surface area is 112 Å². The predicted molar refractivity (Wildman–Crippen MR) is 77.1 cm³/mol. The van der Waals surface area contributed by atoms with E-state index in [9.17, 15) is 0 Å². The Balaban J connectivity index is 2.16. The molecule has 2 aromatic heterocycles. The minimum absolute atomic E-state index is 0.135. The lowest BCUT2D eigenvalue weighted by Crippen LogP contribution is -2.14. The summed E-state index contributed by atoms with van der Waals surface area (Å²) in [5.41, 5.74) is 10.5. The van der Waals surface area contributed by atoms with Crippen molar-refractivity contribution in [3.05, 3.63) is 53.5 Å². The summed E-state index contributed by atoms with van der Waals surface area (Å²) in [7, 11) is 2.06. The van der Waals surface area contributed by atoms with Crippen LogP contribution in [0.1, 0.15) is 22.9 Å². The maximum Gasteiger partial charge on any atom is 0.0713 e. The van der Waals surface area contributed by atoms with Crippen LogP contribution in [0.2, 0.25) is 0 Å². The molecule has 1 aromatic carbocycles. The van der Waals surface area contributed by atoms with Crippen molar-refractivity contribution in [2.75, 3.05) is 6.54 Å². The highest BCUT2D eigenvalue weighted by molar-refractivity contribution is 5.84. The lowest BCUT2D eigenvalue weighted by atomic mass is 9.95. The number of hydrogen-bond acceptors (Lipinski definition) is 2. The van der Waals surface area contributed by atoms with Gasteiger partial charge in [-0.15, -0.1) is 0 Å². The van der Waals surface area contributed by atoms with Crippen molar-refractivity contribution in [2.45, 2.75) is 12.8 Å². The first-order valence-electron chi connectivity index (χ1n) is 6.46. The van der Waals surface area contributed by atoms with Crippen LogP contribution in [-0.2, 0) is 7.05 Å². The summed E-state index contributed by atoms with van der Waals surface area (Å²) in [6.07, 6.45) is 2.16. The largest absolute Gasteiger partial charge is 0.350 e. The molecule has 1 unspecified atom stereocenters. The predicted octanol–water partition coefficient (Wildman–Crippen LogP) is 2.30. The number of nitrogens with two attached hydrogens (primary N) is 1. The number of fused-ring (bicyclic) bond motifs is 1. The molecule has 19 heavy (non-hydrogen) atoms. The summed E-state index contributed by atoms with van der Waals surface area (Å²) in [4.78, 5) is 0. The molecule has 1 atom stereocenters. The number of rotatable bonds is 3. The van der Waals surface area contributed by atoms with E-state index in [-0.39, 0.29) is 5.92 Å². The van der Waals surface area contributed by atoms with Crippen LogP contribution in [0.3, 0.4) is 0 Å². The lowest BCUT2D eigenvalue weighted by molar-refractivity contribution is 0.778. The standard InChI is InChI=1S/C15H18N4/c1-10-7-14(18-17-10)12(8-16)13-9-19(2)15-6-4-3-5-11(13)15/h3-7,9,12H,8,16H2,1-2H3,(H,17,18). The van der Waals surface area contributed by atoms with E-state index >= 15 is 0 Å². The first-order valence-corrected chi connectivity index (χ1v) is 6.46. The van der Waals surface area contributed by atoms with Gasteiger partial charge in [-0.05, 0) is 24.6 Å². The molecule has 0 saturated carbocycles. The highest BCUT2D eigenvalue weighted by atomic mass is 15.1. The Morgan fingerprint density at radius 1 is 1.37 bits per heavy atom. The zero-order valence-corrected chi connectivity index (χ0v) is 11.2.